The van der Waals surface area contributed by atoms with Crippen LogP contribution in [-0.4, -0.2) is 59.5 Å². The molecule has 0 spiro atoms. The van der Waals surface area contributed by atoms with Gasteiger partial charge in [0.25, 0.3) is 5.56 Å². The lowest BCUT2D eigenvalue weighted by Gasteiger charge is -2.29. The van der Waals surface area contributed by atoms with Gasteiger partial charge in [-0.05, 0) is 62.7 Å². The van der Waals surface area contributed by atoms with Crippen molar-refractivity contribution in [1.82, 2.24) is 19.5 Å². The highest BCUT2D eigenvalue weighted by atomic mass is 35.5. The second-order valence-corrected chi connectivity index (χ2v) is 11.4. The summed E-state index contributed by atoms with van der Waals surface area (Å²) in [5.74, 6) is 1.02. The van der Waals surface area contributed by atoms with Crippen molar-refractivity contribution in [1.29, 1.82) is 0 Å². The number of nitrogens with two attached hydrogens (primary N) is 1. The number of hydrogen-bond donors (Lipinski definition) is 2. The van der Waals surface area contributed by atoms with E-state index in [9.17, 15) is 4.79 Å². The Morgan fingerprint density at radius 2 is 1.87 bits per heavy atom. The Kier molecular flexibility index (Phi) is 9.25. The lowest BCUT2D eigenvalue weighted by molar-refractivity contribution is 0.122. The minimum Gasteiger partial charge on any atom is -0.494 e. The molecule has 0 bridgehead atoms. The number of aromatic nitrogens is 4. The zero-order chi connectivity index (χ0) is 31.3. The molecule has 0 saturated carbocycles. The molecule has 3 N–H and O–H groups in total. The van der Waals surface area contributed by atoms with Gasteiger partial charge in [-0.1, -0.05) is 29.8 Å². The summed E-state index contributed by atoms with van der Waals surface area (Å²) in [6.07, 6.45) is 3.23. The summed E-state index contributed by atoms with van der Waals surface area (Å²) in [5.41, 5.74) is 11.6. The number of ether oxygens (including phenoxy) is 2. The van der Waals surface area contributed by atoms with Crippen LogP contribution in [0.2, 0.25) is 5.02 Å². The summed E-state index contributed by atoms with van der Waals surface area (Å²) >= 11 is 6.81. The van der Waals surface area contributed by atoms with Gasteiger partial charge in [0, 0.05) is 70.4 Å². The predicted molar refractivity (Wildman–Crippen MR) is 180 cm³/mol. The second kappa shape index (κ2) is 13.6. The van der Waals surface area contributed by atoms with Crippen molar-refractivity contribution >= 4 is 40.0 Å². The highest BCUT2D eigenvalue weighted by Crippen LogP contribution is 2.34. The Morgan fingerprint density at radius 1 is 1.02 bits per heavy atom. The maximum atomic E-state index is 14.0. The fourth-order valence-electron chi connectivity index (χ4n) is 5.55. The van der Waals surface area contributed by atoms with Gasteiger partial charge in [-0.2, -0.15) is 4.98 Å². The van der Waals surface area contributed by atoms with Crippen LogP contribution in [0.4, 0.5) is 17.3 Å². The molecular weight excluding hydrogens is 590 g/mol. The number of aryl methyl sites for hydroxylation is 2. The normalized spacial score (nSPS) is 13.3. The number of anilines is 3. The van der Waals surface area contributed by atoms with E-state index in [1.165, 1.54) is 0 Å². The van der Waals surface area contributed by atoms with E-state index in [1.807, 2.05) is 67.6 Å². The van der Waals surface area contributed by atoms with E-state index in [0.717, 1.165) is 59.6 Å². The third kappa shape index (κ3) is 6.63. The first-order valence-electron chi connectivity index (χ1n) is 15.1. The number of unbranched alkanes of at least 4 members (excludes halogenated alkanes) is 1. The number of rotatable bonds is 10. The minimum absolute atomic E-state index is 0.181. The van der Waals surface area contributed by atoms with E-state index >= 15 is 0 Å². The van der Waals surface area contributed by atoms with E-state index in [1.54, 1.807) is 17.9 Å². The maximum Gasteiger partial charge on any atom is 0.260 e. The molecule has 1 fully saturated rings. The van der Waals surface area contributed by atoms with Crippen LogP contribution in [0, 0.1) is 6.92 Å². The van der Waals surface area contributed by atoms with Gasteiger partial charge < -0.3 is 25.4 Å². The zero-order valence-corrected chi connectivity index (χ0v) is 26.2. The topological polar surface area (TPSA) is 120 Å². The number of pyridine rings is 2. The summed E-state index contributed by atoms with van der Waals surface area (Å²) in [6.45, 7) is 5.99. The van der Waals surface area contributed by atoms with Crippen LogP contribution in [0.1, 0.15) is 18.5 Å². The van der Waals surface area contributed by atoms with Gasteiger partial charge in [0.05, 0.1) is 31.7 Å². The molecule has 0 unspecified atom stereocenters. The van der Waals surface area contributed by atoms with Crippen molar-refractivity contribution in [2.45, 2.75) is 26.3 Å². The van der Waals surface area contributed by atoms with Gasteiger partial charge in [-0.3, -0.25) is 14.3 Å². The van der Waals surface area contributed by atoms with Crippen LogP contribution in [0.25, 0.3) is 33.4 Å². The molecule has 1 aliphatic heterocycles. The molecule has 1 saturated heterocycles. The Labute approximate surface area is 266 Å². The first-order valence-corrected chi connectivity index (χ1v) is 15.5. The SMILES string of the molecule is COc1cc(N2CCOCC2)ccc1Nc1ncc2cc(-c3ccc(-c4cccc(C)n4)cc3Cl)c(=O)n(CCCCN)c2n1. The minimum atomic E-state index is -0.181. The number of nitrogens with zero attached hydrogens (tertiary/aromatic N) is 5. The molecule has 0 aliphatic carbocycles. The molecule has 0 radical (unpaired) electrons. The fraction of sp³-hybridized carbons (Fsp3) is 0.294. The Balaban J connectivity index is 1.36. The molecular formula is C34H36ClN7O3. The van der Waals surface area contributed by atoms with Gasteiger partial charge in [0.1, 0.15) is 11.4 Å². The standard InChI is InChI=1S/C34H36ClN7O3/c1-22-6-5-7-29(38-22)23-8-10-26(28(35)19-23)27-18-24-21-37-34(40-32(24)42(33(27)43)13-4-3-12-36)39-30-11-9-25(20-31(30)44-2)41-14-16-45-17-15-41/h5-11,18-21H,3-4,12-17,36H2,1-2H3,(H,37,39,40). The van der Waals surface area contributed by atoms with E-state index in [0.29, 0.717) is 59.8 Å². The predicted octanol–water partition coefficient (Wildman–Crippen LogP) is 5.81. The quantitative estimate of drug-likeness (QED) is 0.185. The lowest BCUT2D eigenvalue weighted by atomic mass is 10.0. The van der Waals surface area contributed by atoms with Gasteiger partial charge in [0.2, 0.25) is 5.95 Å². The Morgan fingerprint density at radius 3 is 2.62 bits per heavy atom. The van der Waals surface area contributed by atoms with Crippen molar-refractivity contribution in [2.24, 2.45) is 5.73 Å². The third-order valence-corrected chi connectivity index (χ3v) is 8.23. The molecule has 45 heavy (non-hydrogen) atoms. The molecule has 1 aliphatic rings. The first kappa shape index (κ1) is 30.5. The summed E-state index contributed by atoms with van der Waals surface area (Å²) in [7, 11) is 1.64. The molecule has 10 nitrogen and oxygen atoms in total. The summed E-state index contributed by atoms with van der Waals surface area (Å²) in [6, 6.07) is 19.3. The number of hydrogen-bond acceptors (Lipinski definition) is 9. The average Bonchev–Trinajstić information content (AvgIpc) is 3.06. The van der Waals surface area contributed by atoms with Crippen molar-refractivity contribution in [3.8, 4) is 28.1 Å². The van der Waals surface area contributed by atoms with Crippen LogP contribution in [0.15, 0.2) is 71.7 Å². The van der Waals surface area contributed by atoms with Crippen molar-refractivity contribution in [3.05, 3.63) is 87.9 Å². The number of methoxy groups -OCH3 is 1. The molecule has 232 valence electrons. The number of fused-ring (bicyclic) bond motifs is 1. The lowest BCUT2D eigenvalue weighted by Crippen LogP contribution is -2.36. The van der Waals surface area contributed by atoms with Gasteiger partial charge in [0.15, 0.2) is 0 Å². The van der Waals surface area contributed by atoms with E-state index in [2.05, 4.69) is 20.2 Å². The van der Waals surface area contributed by atoms with Gasteiger partial charge >= 0.3 is 0 Å². The van der Waals surface area contributed by atoms with Crippen molar-refractivity contribution in [3.63, 3.8) is 0 Å². The van der Waals surface area contributed by atoms with E-state index < -0.39 is 0 Å². The Hall–Kier alpha value is -4.51. The fourth-order valence-corrected chi connectivity index (χ4v) is 5.83. The van der Waals surface area contributed by atoms with Crippen molar-refractivity contribution < 1.29 is 9.47 Å². The smallest absolute Gasteiger partial charge is 0.260 e. The highest BCUT2D eigenvalue weighted by Gasteiger charge is 2.18. The molecule has 11 heteroatoms. The summed E-state index contributed by atoms with van der Waals surface area (Å²) in [4.78, 5) is 30.3. The third-order valence-electron chi connectivity index (χ3n) is 7.91. The molecule has 0 amide bonds. The maximum absolute atomic E-state index is 14.0. The highest BCUT2D eigenvalue weighted by molar-refractivity contribution is 6.33. The molecule has 4 heterocycles. The van der Waals surface area contributed by atoms with Crippen LogP contribution in [-0.2, 0) is 11.3 Å². The van der Waals surface area contributed by atoms with Crippen LogP contribution < -0.4 is 26.2 Å². The van der Waals surface area contributed by atoms with Gasteiger partial charge in [-0.25, -0.2) is 4.98 Å². The van der Waals surface area contributed by atoms with E-state index in [4.69, 9.17) is 31.8 Å². The molecule has 5 aromatic rings. The summed E-state index contributed by atoms with van der Waals surface area (Å²) in [5, 5.41) is 4.47. The first-order chi connectivity index (χ1) is 21.9. The number of halogens is 1. The number of benzene rings is 2. The molecule has 2 aromatic carbocycles. The number of morpholine rings is 1. The van der Waals surface area contributed by atoms with Crippen molar-refractivity contribution in [2.75, 3.05) is 50.2 Å². The van der Waals surface area contributed by atoms with Gasteiger partial charge in [-0.15, -0.1) is 0 Å². The zero-order valence-electron chi connectivity index (χ0n) is 25.4. The van der Waals surface area contributed by atoms with Crippen LogP contribution in [0.5, 0.6) is 5.75 Å². The molecule has 6 rings (SSSR count). The monoisotopic (exact) mass is 625 g/mol. The molecule has 3 aromatic heterocycles. The summed E-state index contributed by atoms with van der Waals surface area (Å²) < 4.78 is 12.9. The van der Waals surface area contributed by atoms with E-state index in [-0.39, 0.29) is 5.56 Å². The molecule has 0 atom stereocenters. The Bertz CT molecular complexity index is 1890. The van der Waals surface area contributed by atoms with Crippen LogP contribution >= 0.6 is 11.6 Å². The average molecular weight is 626 g/mol. The largest absolute Gasteiger partial charge is 0.494 e. The second-order valence-electron chi connectivity index (χ2n) is 11.0. The van der Waals surface area contributed by atoms with Crippen LogP contribution in [0.3, 0.4) is 0 Å². The number of nitrogens with one attached hydrogen (secondary N) is 1.